The third-order valence-electron chi connectivity index (χ3n) is 2.93. The molecule has 0 unspecified atom stereocenters. The molecular formula is C10H22N2O2S. The first-order valence-corrected chi connectivity index (χ1v) is 7.15. The first-order chi connectivity index (χ1) is 6.92. The molecule has 0 spiro atoms. The van der Waals surface area contributed by atoms with Gasteiger partial charge in [-0.3, -0.25) is 0 Å². The molecule has 1 heterocycles. The second kappa shape index (κ2) is 5.27. The topological polar surface area (TPSA) is 40.6 Å². The van der Waals surface area contributed by atoms with Crippen LogP contribution in [0.5, 0.6) is 0 Å². The highest BCUT2D eigenvalue weighted by Crippen LogP contribution is 2.18. The van der Waals surface area contributed by atoms with E-state index in [1.807, 2.05) is 19.0 Å². The summed E-state index contributed by atoms with van der Waals surface area (Å²) in [7, 11) is 0.783. The standard InChI is InChI=1S/C10H22N2O2S/c1-10-4-6-12(7-5-10)15(13,14)9-8-11(2)3/h10H,4-9H2,1-3H3. The molecule has 90 valence electrons. The highest BCUT2D eigenvalue weighted by molar-refractivity contribution is 7.89. The molecular weight excluding hydrogens is 212 g/mol. The Morgan fingerprint density at radius 3 is 2.27 bits per heavy atom. The van der Waals surface area contributed by atoms with Gasteiger partial charge < -0.3 is 4.90 Å². The molecule has 0 aromatic heterocycles. The second-order valence-electron chi connectivity index (χ2n) is 4.70. The maximum absolute atomic E-state index is 11.9. The number of nitrogens with zero attached hydrogens (tertiary/aromatic N) is 2. The Morgan fingerprint density at radius 1 is 1.27 bits per heavy atom. The van der Waals surface area contributed by atoms with E-state index in [-0.39, 0.29) is 5.75 Å². The minimum absolute atomic E-state index is 0.244. The lowest BCUT2D eigenvalue weighted by Crippen LogP contribution is -2.41. The van der Waals surface area contributed by atoms with Gasteiger partial charge in [-0.15, -0.1) is 0 Å². The van der Waals surface area contributed by atoms with Crippen LogP contribution in [-0.2, 0) is 10.0 Å². The molecule has 5 heteroatoms. The van der Waals surface area contributed by atoms with Crippen molar-refractivity contribution in [3.8, 4) is 0 Å². The van der Waals surface area contributed by atoms with Crippen molar-refractivity contribution >= 4 is 10.0 Å². The van der Waals surface area contributed by atoms with Crippen molar-refractivity contribution in [2.75, 3.05) is 39.5 Å². The summed E-state index contributed by atoms with van der Waals surface area (Å²) < 4.78 is 25.4. The van der Waals surface area contributed by atoms with Crippen LogP contribution in [0, 0.1) is 5.92 Å². The first kappa shape index (κ1) is 12.9. The zero-order valence-corrected chi connectivity index (χ0v) is 10.8. The summed E-state index contributed by atoms with van der Waals surface area (Å²) in [6, 6.07) is 0. The molecule has 0 amide bonds. The van der Waals surface area contributed by atoms with Gasteiger partial charge in [-0.1, -0.05) is 6.92 Å². The van der Waals surface area contributed by atoms with Crippen LogP contribution >= 0.6 is 0 Å². The number of hydrogen-bond acceptors (Lipinski definition) is 3. The third-order valence-corrected chi connectivity index (χ3v) is 4.78. The Kier molecular flexibility index (Phi) is 4.55. The predicted octanol–water partition coefficient (Wildman–Crippen LogP) is 0.610. The van der Waals surface area contributed by atoms with Gasteiger partial charge in [-0.25, -0.2) is 12.7 Å². The Morgan fingerprint density at radius 2 is 1.80 bits per heavy atom. The minimum atomic E-state index is -3.01. The van der Waals surface area contributed by atoms with Gasteiger partial charge in [0.05, 0.1) is 5.75 Å². The smallest absolute Gasteiger partial charge is 0.215 e. The molecule has 0 aromatic rings. The van der Waals surface area contributed by atoms with E-state index in [0.29, 0.717) is 25.6 Å². The van der Waals surface area contributed by atoms with E-state index in [1.54, 1.807) is 4.31 Å². The van der Waals surface area contributed by atoms with Gasteiger partial charge >= 0.3 is 0 Å². The van der Waals surface area contributed by atoms with Crippen LogP contribution in [0.4, 0.5) is 0 Å². The van der Waals surface area contributed by atoms with Crippen LogP contribution in [0.2, 0.25) is 0 Å². The molecule has 1 aliphatic heterocycles. The lowest BCUT2D eigenvalue weighted by Gasteiger charge is -2.29. The monoisotopic (exact) mass is 234 g/mol. The minimum Gasteiger partial charge on any atom is -0.308 e. The summed E-state index contributed by atoms with van der Waals surface area (Å²) in [5.41, 5.74) is 0. The van der Waals surface area contributed by atoms with Crippen LogP contribution in [0.15, 0.2) is 0 Å². The van der Waals surface area contributed by atoms with E-state index in [0.717, 1.165) is 12.8 Å². The van der Waals surface area contributed by atoms with E-state index in [2.05, 4.69) is 6.92 Å². The van der Waals surface area contributed by atoms with Gasteiger partial charge in [0, 0.05) is 19.6 Å². The van der Waals surface area contributed by atoms with Gasteiger partial charge in [0.1, 0.15) is 0 Å². The van der Waals surface area contributed by atoms with Crippen molar-refractivity contribution in [3.05, 3.63) is 0 Å². The third kappa shape index (κ3) is 4.09. The highest BCUT2D eigenvalue weighted by atomic mass is 32.2. The van der Waals surface area contributed by atoms with Gasteiger partial charge in [0.25, 0.3) is 0 Å². The molecule has 15 heavy (non-hydrogen) atoms. The Balaban J connectivity index is 2.47. The average molecular weight is 234 g/mol. The molecule has 1 fully saturated rings. The fourth-order valence-corrected chi connectivity index (χ4v) is 3.31. The molecule has 1 aliphatic rings. The summed E-state index contributed by atoms with van der Waals surface area (Å²) in [6.07, 6.45) is 2.00. The first-order valence-electron chi connectivity index (χ1n) is 5.54. The van der Waals surface area contributed by atoms with E-state index in [4.69, 9.17) is 0 Å². The van der Waals surface area contributed by atoms with Crippen molar-refractivity contribution in [3.63, 3.8) is 0 Å². The molecule has 4 nitrogen and oxygen atoms in total. The van der Waals surface area contributed by atoms with E-state index >= 15 is 0 Å². The molecule has 0 bridgehead atoms. The van der Waals surface area contributed by atoms with Gasteiger partial charge in [-0.2, -0.15) is 0 Å². The van der Waals surface area contributed by atoms with Gasteiger partial charge in [0.15, 0.2) is 0 Å². The van der Waals surface area contributed by atoms with Crippen molar-refractivity contribution in [2.45, 2.75) is 19.8 Å². The van der Waals surface area contributed by atoms with Gasteiger partial charge in [-0.05, 0) is 32.9 Å². The van der Waals surface area contributed by atoms with Crippen molar-refractivity contribution in [1.29, 1.82) is 0 Å². The Hall–Kier alpha value is -0.130. The fourth-order valence-electron chi connectivity index (χ4n) is 1.69. The SMILES string of the molecule is CC1CCN(S(=O)(=O)CCN(C)C)CC1. The summed E-state index contributed by atoms with van der Waals surface area (Å²) >= 11 is 0. The summed E-state index contributed by atoms with van der Waals surface area (Å²) in [5.74, 6) is 0.916. The van der Waals surface area contributed by atoms with E-state index < -0.39 is 10.0 Å². The summed E-state index contributed by atoms with van der Waals surface area (Å²) in [6.45, 7) is 4.20. The quantitative estimate of drug-likeness (QED) is 0.715. The maximum Gasteiger partial charge on any atom is 0.215 e. The van der Waals surface area contributed by atoms with E-state index in [1.165, 1.54) is 0 Å². The number of hydrogen-bond donors (Lipinski definition) is 0. The molecule has 0 atom stereocenters. The van der Waals surface area contributed by atoms with E-state index in [9.17, 15) is 8.42 Å². The molecule has 0 saturated carbocycles. The molecule has 0 aromatic carbocycles. The molecule has 0 N–H and O–H groups in total. The Bertz CT molecular complexity index is 280. The Labute approximate surface area is 93.3 Å². The summed E-state index contributed by atoms with van der Waals surface area (Å²) in [5, 5.41) is 0. The number of piperidine rings is 1. The predicted molar refractivity (Wildman–Crippen MR) is 62.3 cm³/mol. The average Bonchev–Trinajstić information content (AvgIpc) is 2.16. The lowest BCUT2D eigenvalue weighted by atomic mass is 10.0. The van der Waals surface area contributed by atoms with Gasteiger partial charge in [0.2, 0.25) is 10.0 Å². The maximum atomic E-state index is 11.9. The lowest BCUT2D eigenvalue weighted by molar-refractivity contribution is 0.286. The fraction of sp³-hybridized carbons (Fsp3) is 1.00. The number of rotatable bonds is 4. The van der Waals surface area contributed by atoms with Crippen molar-refractivity contribution in [1.82, 2.24) is 9.21 Å². The van der Waals surface area contributed by atoms with Crippen LogP contribution in [-0.4, -0.2) is 57.1 Å². The normalized spacial score (nSPS) is 21.1. The second-order valence-corrected chi connectivity index (χ2v) is 6.79. The number of sulfonamides is 1. The van der Waals surface area contributed by atoms with Crippen molar-refractivity contribution < 1.29 is 8.42 Å². The summed E-state index contributed by atoms with van der Waals surface area (Å²) in [4.78, 5) is 1.91. The van der Waals surface area contributed by atoms with Crippen molar-refractivity contribution in [2.24, 2.45) is 5.92 Å². The van der Waals surface area contributed by atoms with Crippen LogP contribution in [0.3, 0.4) is 0 Å². The zero-order valence-electron chi connectivity index (χ0n) is 9.94. The zero-order chi connectivity index (χ0) is 11.5. The molecule has 0 radical (unpaired) electrons. The molecule has 0 aliphatic carbocycles. The largest absolute Gasteiger partial charge is 0.308 e. The molecule has 1 rings (SSSR count). The van der Waals surface area contributed by atoms with Crippen LogP contribution in [0.1, 0.15) is 19.8 Å². The highest BCUT2D eigenvalue weighted by Gasteiger charge is 2.25. The van der Waals surface area contributed by atoms with Crippen LogP contribution < -0.4 is 0 Å². The molecule has 1 saturated heterocycles. The van der Waals surface area contributed by atoms with Crippen LogP contribution in [0.25, 0.3) is 0 Å².